The molecular formula is C19H21NO7. The zero-order chi connectivity index (χ0) is 19.8. The first-order chi connectivity index (χ1) is 12.9. The number of ether oxygens (including phenoxy) is 1. The lowest BCUT2D eigenvalue weighted by molar-refractivity contribution is -0.193. The SMILES string of the molecule is CCCCCCC(=O)Oc1ccc(C(=O)C(=O)ON2C(=O)CCC2=O)cc1. The van der Waals surface area contributed by atoms with Crippen LogP contribution in [0.25, 0.3) is 0 Å². The highest BCUT2D eigenvalue weighted by Gasteiger charge is 2.34. The number of rotatable bonds is 9. The average Bonchev–Trinajstić information content (AvgIpc) is 2.97. The topological polar surface area (TPSA) is 107 Å². The van der Waals surface area contributed by atoms with Crippen molar-refractivity contribution in [3.05, 3.63) is 29.8 Å². The number of carbonyl (C=O) groups is 5. The first kappa shape index (κ1) is 20.3. The summed E-state index contributed by atoms with van der Waals surface area (Å²) in [5.41, 5.74) is -0.0122. The summed E-state index contributed by atoms with van der Waals surface area (Å²) in [4.78, 5) is 63.0. The van der Waals surface area contributed by atoms with Crippen LogP contribution in [0.2, 0.25) is 0 Å². The summed E-state index contributed by atoms with van der Waals surface area (Å²) in [5, 5.41) is 0.314. The molecule has 1 saturated heterocycles. The minimum absolute atomic E-state index is 0.0122. The number of hydroxylamine groups is 2. The highest BCUT2D eigenvalue weighted by Crippen LogP contribution is 2.16. The molecule has 1 aliphatic rings. The molecule has 144 valence electrons. The Kier molecular flexibility index (Phi) is 7.22. The van der Waals surface area contributed by atoms with Crippen molar-refractivity contribution in [2.24, 2.45) is 0 Å². The van der Waals surface area contributed by atoms with Gasteiger partial charge in [-0.1, -0.05) is 26.2 Å². The number of esters is 1. The molecule has 0 atom stereocenters. The average molecular weight is 375 g/mol. The van der Waals surface area contributed by atoms with Crippen LogP contribution in [-0.2, 0) is 24.0 Å². The lowest BCUT2D eigenvalue weighted by atomic mass is 10.1. The quantitative estimate of drug-likeness (QED) is 0.163. The summed E-state index contributed by atoms with van der Waals surface area (Å²) in [5.74, 6) is -3.79. The Morgan fingerprint density at radius 3 is 2.19 bits per heavy atom. The lowest BCUT2D eigenvalue weighted by Crippen LogP contribution is -2.34. The molecule has 0 aliphatic carbocycles. The highest BCUT2D eigenvalue weighted by molar-refractivity contribution is 6.40. The van der Waals surface area contributed by atoms with Gasteiger partial charge in [0.25, 0.3) is 17.6 Å². The van der Waals surface area contributed by atoms with Crippen LogP contribution in [0.5, 0.6) is 5.75 Å². The molecule has 0 spiro atoms. The minimum Gasteiger partial charge on any atom is -0.427 e. The first-order valence-electron chi connectivity index (χ1n) is 8.85. The normalized spacial score (nSPS) is 13.6. The Balaban J connectivity index is 1.87. The predicted molar refractivity (Wildman–Crippen MR) is 92.3 cm³/mol. The van der Waals surface area contributed by atoms with Crippen LogP contribution in [0.15, 0.2) is 24.3 Å². The van der Waals surface area contributed by atoms with E-state index < -0.39 is 23.6 Å². The van der Waals surface area contributed by atoms with Gasteiger partial charge in [0, 0.05) is 24.8 Å². The van der Waals surface area contributed by atoms with E-state index in [0.717, 1.165) is 25.7 Å². The van der Waals surface area contributed by atoms with E-state index in [1.807, 2.05) is 0 Å². The van der Waals surface area contributed by atoms with Gasteiger partial charge in [0.1, 0.15) is 5.75 Å². The van der Waals surface area contributed by atoms with Gasteiger partial charge in [-0.05, 0) is 30.7 Å². The van der Waals surface area contributed by atoms with E-state index in [4.69, 9.17) is 4.74 Å². The molecule has 2 rings (SSSR count). The number of hydrogen-bond donors (Lipinski definition) is 0. The Bertz CT molecular complexity index is 723. The number of imide groups is 1. The molecular weight excluding hydrogens is 354 g/mol. The number of amides is 2. The van der Waals surface area contributed by atoms with Crippen molar-refractivity contribution < 1.29 is 33.5 Å². The predicted octanol–water partition coefficient (Wildman–Crippen LogP) is 2.35. The van der Waals surface area contributed by atoms with Crippen LogP contribution in [0, 0.1) is 0 Å². The van der Waals surface area contributed by atoms with E-state index in [1.165, 1.54) is 24.3 Å². The van der Waals surface area contributed by atoms with Crippen molar-refractivity contribution in [1.82, 2.24) is 5.06 Å². The molecule has 1 fully saturated rings. The Hall–Kier alpha value is -3.03. The minimum atomic E-state index is -1.33. The third-order valence-corrected chi connectivity index (χ3v) is 3.95. The second-order valence-electron chi connectivity index (χ2n) is 6.10. The number of Topliss-reactive ketones (excluding diaryl/α,β-unsaturated/α-hetero) is 1. The van der Waals surface area contributed by atoms with Crippen LogP contribution in [0.3, 0.4) is 0 Å². The van der Waals surface area contributed by atoms with Crippen molar-refractivity contribution in [2.75, 3.05) is 0 Å². The number of benzene rings is 1. The van der Waals surface area contributed by atoms with Crippen LogP contribution >= 0.6 is 0 Å². The molecule has 1 aliphatic heterocycles. The van der Waals surface area contributed by atoms with Crippen LogP contribution in [-0.4, -0.2) is 34.6 Å². The summed E-state index contributed by atoms with van der Waals surface area (Å²) >= 11 is 0. The molecule has 0 saturated carbocycles. The van der Waals surface area contributed by atoms with E-state index in [9.17, 15) is 24.0 Å². The van der Waals surface area contributed by atoms with Gasteiger partial charge < -0.3 is 9.57 Å². The second-order valence-corrected chi connectivity index (χ2v) is 6.10. The van der Waals surface area contributed by atoms with Crippen molar-refractivity contribution in [2.45, 2.75) is 51.9 Å². The molecule has 0 aromatic heterocycles. The summed E-state index contributed by atoms with van der Waals surface area (Å²) in [6.45, 7) is 2.08. The van der Waals surface area contributed by atoms with Gasteiger partial charge in [-0.25, -0.2) is 4.79 Å². The maximum Gasteiger partial charge on any atom is 0.404 e. The number of nitrogens with zero attached hydrogens (tertiary/aromatic N) is 1. The third kappa shape index (κ3) is 5.73. The summed E-state index contributed by atoms with van der Waals surface area (Å²) < 4.78 is 5.16. The Labute approximate surface area is 156 Å². The molecule has 1 aromatic carbocycles. The monoisotopic (exact) mass is 375 g/mol. The second kappa shape index (κ2) is 9.61. The maximum absolute atomic E-state index is 12.1. The van der Waals surface area contributed by atoms with Gasteiger partial charge in [0.05, 0.1) is 0 Å². The number of hydrogen-bond acceptors (Lipinski definition) is 7. The molecule has 1 heterocycles. The van der Waals surface area contributed by atoms with E-state index in [1.54, 1.807) is 0 Å². The van der Waals surface area contributed by atoms with Crippen molar-refractivity contribution in [1.29, 1.82) is 0 Å². The van der Waals surface area contributed by atoms with Gasteiger partial charge in [0.2, 0.25) is 0 Å². The third-order valence-electron chi connectivity index (χ3n) is 3.95. The Morgan fingerprint density at radius 2 is 1.59 bits per heavy atom. The standard InChI is InChI=1S/C19H21NO7/c1-2-3-4-5-6-17(23)26-14-9-7-13(8-10-14)18(24)19(25)27-20-15(21)11-12-16(20)22/h7-10H,2-6,11-12H2,1H3. The van der Waals surface area contributed by atoms with Crippen LogP contribution in [0.1, 0.15) is 62.2 Å². The molecule has 0 N–H and O–H groups in total. The molecule has 8 nitrogen and oxygen atoms in total. The number of carbonyl (C=O) groups excluding carboxylic acids is 5. The molecule has 0 unspecified atom stereocenters. The first-order valence-corrected chi connectivity index (χ1v) is 8.85. The van der Waals surface area contributed by atoms with E-state index >= 15 is 0 Å². The highest BCUT2D eigenvalue weighted by atomic mass is 16.7. The maximum atomic E-state index is 12.1. The largest absolute Gasteiger partial charge is 0.427 e. The Morgan fingerprint density at radius 1 is 0.963 bits per heavy atom. The van der Waals surface area contributed by atoms with E-state index in [0.29, 0.717) is 11.5 Å². The summed E-state index contributed by atoms with van der Waals surface area (Å²) in [6, 6.07) is 5.38. The smallest absolute Gasteiger partial charge is 0.404 e. The van der Waals surface area contributed by atoms with Gasteiger partial charge in [-0.2, -0.15) is 0 Å². The van der Waals surface area contributed by atoms with Crippen molar-refractivity contribution in [3.63, 3.8) is 0 Å². The molecule has 1 aromatic rings. The lowest BCUT2D eigenvalue weighted by Gasteiger charge is -2.11. The molecule has 0 radical (unpaired) electrons. The zero-order valence-corrected chi connectivity index (χ0v) is 15.1. The fourth-order valence-corrected chi connectivity index (χ4v) is 2.45. The van der Waals surface area contributed by atoms with Gasteiger partial charge in [0.15, 0.2) is 0 Å². The fourth-order valence-electron chi connectivity index (χ4n) is 2.45. The van der Waals surface area contributed by atoms with Crippen molar-refractivity contribution >= 4 is 29.5 Å². The number of unbranched alkanes of at least 4 members (excludes halogenated alkanes) is 3. The van der Waals surface area contributed by atoms with Crippen LogP contribution in [0.4, 0.5) is 0 Å². The van der Waals surface area contributed by atoms with Gasteiger partial charge >= 0.3 is 11.9 Å². The molecule has 8 heteroatoms. The van der Waals surface area contributed by atoms with E-state index in [2.05, 4.69) is 11.8 Å². The summed E-state index contributed by atoms with van der Waals surface area (Å²) in [7, 11) is 0. The molecule has 27 heavy (non-hydrogen) atoms. The van der Waals surface area contributed by atoms with E-state index in [-0.39, 0.29) is 30.1 Å². The molecule has 0 bridgehead atoms. The van der Waals surface area contributed by atoms with Gasteiger partial charge in [-0.15, -0.1) is 5.06 Å². The zero-order valence-electron chi connectivity index (χ0n) is 15.1. The van der Waals surface area contributed by atoms with Crippen LogP contribution < -0.4 is 4.74 Å². The van der Waals surface area contributed by atoms with Gasteiger partial charge in [-0.3, -0.25) is 19.2 Å². The summed E-state index contributed by atoms with van der Waals surface area (Å²) in [6.07, 6.45) is 4.05. The fraction of sp³-hybridized carbons (Fsp3) is 0.421. The molecule has 2 amide bonds. The van der Waals surface area contributed by atoms with Crippen molar-refractivity contribution in [3.8, 4) is 5.75 Å². The number of ketones is 1.